The lowest BCUT2D eigenvalue weighted by molar-refractivity contribution is 0.674. The van der Waals surface area contributed by atoms with E-state index in [9.17, 15) is 0 Å². The number of benzene rings is 1. The molecule has 0 aliphatic carbocycles. The van der Waals surface area contributed by atoms with Crippen molar-refractivity contribution in [3.8, 4) is 6.07 Å². The van der Waals surface area contributed by atoms with E-state index in [-0.39, 0.29) is 0 Å². The van der Waals surface area contributed by atoms with Crippen molar-refractivity contribution in [3.05, 3.63) is 34.9 Å². The average Bonchev–Trinajstić information content (AvgIpc) is 2.64. The Kier molecular flexibility index (Phi) is 3.08. The van der Waals surface area contributed by atoms with Crippen LogP contribution in [0.1, 0.15) is 12.8 Å². The fraction of sp³-hybridized carbons (Fsp3) is 0.250. The van der Waals surface area contributed by atoms with Crippen molar-refractivity contribution in [2.24, 2.45) is 0 Å². The van der Waals surface area contributed by atoms with Crippen molar-refractivity contribution in [1.82, 2.24) is 4.57 Å². The summed E-state index contributed by atoms with van der Waals surface area (Å²) in [5.74, 6) is 0. The first-order valence-electron chi connectivity index (χ1n) is 4.93. The SMILES string of the molecule is N#CCCCn1ccc2c(Br)cccc21. The molecule has 0 bridgehead atoms. The maximum atomic E-state index is 8.49. The van der Waals surface area contributed by atoms with Crippen LogP contribution in [0.25, 0.3) is 10.9 Å². The monoisotopic (exact) mass is 262 g/mol. The number of hydrogen-bond acceptors (Lipinski definition) is 1. The molecule has 2 aromatic rings. The zero-order valence-corrected chi connectivity index (χ0v) is 9.87. The van der Waals surface area contributed by atoms with Crippen molar-refractivity contribution < 1.29 is 0 Å². The van der Waals surface area contributed by atoms with Crippen LogP contribution in [0, 0.1) is 11.3 Å². The number of aromatic nitrogens is 1. The minimum Gasteiger partial charge on any atom is -0.347 e. The van der Waals surface area contributed by atoms with E-state index in [1.165, 1.54) is 10.9 Å². The third-order valence-electron chi connectivity index (χ3n) is 2.45. The topological polar surface area (TPSA) is 28.7 Å². The van der Waals surface area contributed by atoms with Crippen molar-refractivity contribution in [2.75, 3.05) is 0 Å². The first-order chi connectivity index (χ1) is 7.33. The Bertz CT molecular complexity index is 508. The summed E-state index contributed by atoms with van der Waals surface area (Å²) in [6, 6.07) is 10.5. The van der Waals surface area contributed by atoms with Gasteiger partial charge in [-0.1, -0.05) is 22.0 Å². The molecular weight excluding hydrogens is 252 g/mol. The highest BCUT2D eigenvalue weighted by molar-refractivity contribution is 9.10. The molecule has 0 aliphatic rings. The van der Waals surface area contributed by atoms with Crippen molar-refractivity contribution in [2.45, 2.75) is 19.4 Å². The normalized spacial score (nSPS) is 10.4. The summed E-state index contributed by atoms with van der Waals surface area (Å²) in [5, 5.41) is 9.72. The van der Waals surface area contributed by atoms with E-state index in [1.54, 1.807) is 0 Å². The number of aryl methyl sites for hydroxylation is 1. The highest BCUT2D eigenvalue weighted by Crippen LogP contribution is 2.24. The summed E-state index contributed by atoms with van der Waals surface area (Å²) in [4.78, 5) is 0. The van der Waals surface area contributed by atoms with Gasteiger partial charge in [0.05, 0.1) is 6.07 Å². The molecule has 2 rings (SSSR count). The molecule has 0 saturated heterocycles. The van der Waals surface area contributed by atoms with Crippen LogP contribution in [0.3, 0.4) is 0 Å². The molecule has 0 radical (unpaired) electrons. The molecule has 0 atom stereocenters. The Balaban J connectivity index is 2.30. The molecule has 2 nitrogen and oxygen atoms in total. The van der Waals surface area contributed by atoms with E-state index in [4.69, 9.17) is 5.26 Å². The van der Waals surface area contributed by atoms with Crippen LogP contribution < -0.4 is 0 Å². The van der Waals surface area contributed by atoms with Crippen molar-refractivity contribution >= 4 is 26.8 Å². The summed E-state index contributed by atoms with van der Waals surface area (Å²) in [6.07, 6.45) is 3.60. The Labute approximate surface area is 97.3 Å². The van der Waals surface area contributed by atoms with Gasteiger partial charge in [-0.2, -0.15) is 5.26 Å². The molecule has 1 aromatic carbocycles. The van der Waals surface area contributed by atoms with E-state index in [1.807, 2.05) is 12.1 Å². The molecule has 0 spiro atoms. The largest absolute Gasteiger partial charge is 0.347 e. The second-order valence-corrected chi connectivity index (χ2v) is 4.30. The number of fused-ring (bicyclic) bond motifs is 1. The highest BCUT2D eigenvalue weighted by atomic mass is 79.9. The Hall–Kier alpha value is -1.27. The fourth-order valence-corrected chi connectivity index (χ4v) is 2.20. The van der Waals surface area contributed by atoms with Crippen molar-refractivity contribution in [3.63, 3.8) is 0 Å². The van der Waals surface area contributed by atoms with Crippen LogP contribution in [0.2, 0.25) is 0 Å². The Morgan fingerprint density at radius 3 is 3.00 bits per heavy atom. The number of nitrogens with zero attached hydrogens (tertiary/aromatic N) is 2. The van der Waals surface area contributed by atoms with Gasteiger partial charge in [0.1, 0.15) is 0 Å². The van der Waals surface area contributed by atoms with E-state index in [2.05, 4.69) is 44.9 Å². The van der Waals surface area contributed by atoms with Crippen LogP contribution in [-0.4, -0.2) is 4.57 Å². The van der Waals surface area contributed by atoms with Gasteiger partial charge in [0.2, 0.25) is 0 Å². The number of rotatable bonds is 3. The summed E-state index contributed by atoms with van der Waals surface area (Å²) in [7, 11) is 0. The van der Waals surface area contributed by atoms with Gasteiger partial charge in [0.15, 0.2) is 0 Å². The third kappa shape index (κ3) is 2.05. The van der Waals surface area contributed by atoms with Gasteiger partial charge >= 0.3 is 0 Å². The smallest absolute Gasteiger partial charge is 0.0622 e. The first kappa shape index (κ1) is 10.3. The van der Waals surface area contributed by atoms with Gasteiger partial charge in [0, 0.05) is 34.5 Å². The highest BCUT2D eigenvalue weighted by Gasteiger charge is 2.02. The molecule has 0 N–H and O–H groups in total. The van der Waals surface area contributed by atoms with E-state index in [0.717, 1.165) is 17.4 Å². The van der Waals surface area contributed by atoms with Crippen LogP contribution in [0.5, 0.6) is 0 Å². The summed E-state index contributed by atoms with van der Waals surface area (Å²) in [6.45, 7) is 0.910. The molecule has 0 saturated carbocycles. The van der Waals surface area contributed by atoms with Crippen molar-refractivity contribution in [1.29, 1.82) is 5.26 Å². The minimum atomic E-state index is 0.619. The van der Waals surface area contributed by atoms with Crippen LogP contribution in [0.15, 0.2) is 34.9 Å². The van der Waals surface area contributed by atoms with Crippen LogP contribution in [-0.2, 0) is 6.54 Å². The molecule has 3 heteroatoms. The standard InChI is InChI=1S/C12H11BrN2/c13-11-4-3-5-12-10(11)6-9-15(12)8-2-1-7-14/h3-6,9H,1-2,8H2. The molecule has 1 heterocycles. The van der Waals surface area contributed by atoms with Gasteiger partial charge < -0.3 is 4.57 Å². The number of unbranched alkanes of at least 4 members (excludes halogenated alkanes) is 1. The average molecular weight is 263 g/mol. The summed E-state index contributed by atoms with van der Waals surface area (Å²) < 4.78 is 3.32. The lowest BCUT2D eigenvalue weighted by Gasteiger charge is -2.03. The predicted molar refractivity (Wildman–Crippen MR) is 64.5 cm³/mol. The van der Waals surface area contributed by atoms with E-state index in [0.29, 0.717) is 6.42 Å². The number of nitriles is 1. The molecule has 76 valence electrons. The third-order valence-corrected chi connectivity index (χ3v) is 3.14. The van der Waals surface area contributed by atoms with Gasteiger partial charge in [-0.05, 0) is 24.6 Å². The van der Waals surface area contributed by atoms with Crippen LogP contribution >= 0.6 is 15.9 Å². The molecule has 0 aliphatic heterocycles. The zero-order chi connectivity index (χ0) is 10.7. The minimum absolute atomic E-state index is 0.619. The second-order valence-electron chi connectivity index (χ2n) is 3.44. The molecule has 15 heavy (non-hydrogen) atoms. The number of halogens is 1. The number of hydrogen-bond donors (Lipinski definition) is 0. The van der Waals surface area contributed by atoms with Gasteiger partial charge in [0.25, 0.3) is 0 Å². The van der Waals surface area contributed by atoms with Crippen LogP contribution in [0.4, 0.5) is 0 Å². The second kappa shape index (κ2) is 4.50. The predicted octanol–water partition coefficient (Wildman–Crippen LogP) is 3.71. The van der Waals surface area contributed by atoms with Gasteiger partial charge in [-0.3, -0.25) is 0 Å². The van der Waals surface area contributed by atoms with Gasteiger partial charge in [-0.25, -0.2) is 0 Å². The fourth-order valence-electron chi connectivity index (χ4n) is 1.71. The lowest BCUT2D eigenvalue weighted by Crippen LogP contribution is -1.94. The molecule has 0 amide bonds. The maximum Gasteiger partial charge on any atom is 0.0622 e. The quantitative estimate of drug-likeness (QED) is 0.776. The lowest BCUT2D eigenvalue weighted by atomic mass is 10.2. The molecule has 1 aromatic heterocycles. The Morgan fingerprint density at radius 1 is 1.33 bits per heavy atom. The molecular formula is C12H11BrN2. The zero-order valence-electron chi connectivity index (χ0n) is 8.28. The maximum absolute atomic E-state index is 8.49. The summed E-state index contributed by atoms with van der Waals surface area (Å²) >= 11 is 3.53. The van der Waals surface area contributed by atoms with E-state index < -0.39 is 0 Å². The van der Waals surface area contributed by atoms with Gasteiger partial charge in [-0.15, -0.1) is 0 Å². The summed E-state index contributed by atoms with van der Waals surface area (Å²) in [5.41, 5.74) is 1.22. The first-order valence-corrected chi connectivity index (χ1v) is 5.72. The Morgan fingerprint density at radius 2 is 2.20 bits per heavy atom. The van der Waals surface area contributed by atoms with E-state index >= 15 is 0 Å². The molecule has 0 fully saturated rings. The molecule has 0 unspecified atom stereocenters.